The zero-order chi connectivity index (χ0) is 43.6. The number of aromatic hydroxyl groups is 1. The molecule has 2 aromatic heterocycles. The van der Waals surface area contributed by atoms with Gasteiger partial charge in [-0.1, -0.05) is 153 Å². The van der Waals surface area contributed by atoms with Gasteiger partial charge in [0.1, 0.15) is 11.6 Å². The number of fused-ring (bicyclic) bond motifs is 1. The zero-order valence-electron chi connectivity index (χ0n) is 38.7. The van der Waals surface area contributed by atoms with E-state index in [1.54, 1.807) is 0 Å². The molecule has 0 bridgehead atoms. The third-order valence-electron chi connectivity index (χ3n) is 11.6. The number of phenols is 1. The van der Waals surface area contributed by atoms with Crippen LogP contribution in [0.3, 0.4) is 0 Å². The summed E-state index contributed by atoms with van der Waals surface area (Å²) in [6.45, 7) is 39.7. The Kier molecular flexibility index (Phi) is 11.1. The number of pyridine rings is 1. The van der Waals surface area contributed by atoms with Crippen LogP contribution in [0.2, 0.25) is 0 Å². The maximum atomic E-state index is 12.4. The molecule has 0 fully saturated rings. The molecule has 0 aliphatic heterocycles. The SMILES string of the molecule is C=C/C(=C\C)c1ccnc(-c2cc(-c3cccc4c3nc(-c3cc(C(C)(C)C)cc(C(C)(C)C)c3O)n4-c3cc(C(C)(C)C)cc(C(C)(C)C)c3)cc(C(C)(C)C)c2)c1. The molecule has 1 N–H and O–H groups in total. The third kappa shape index (κ3) is 8.74. The van der Waals surface area contributed by atoms with Gasteiger partial charge in [-0.2, -0.15) is 0 Å². The van der Waals surface area contributed by atoms with Gasteiger partial charge in [0, 0.05) is 28.6 Å². The Labute approximate surface area is 355 Å². The van der Waals surface area contributed by atoms with Crippen LogP contribution in [0.4, 0.5) is 0 Å². The van der Waals surface area contributed by atoms with Gasteiger partial charge in [0.2, 0.25) is 0 Å². The molecule has 308 valence electrons. The molecule has 0 aliphatic rings. The largest absolute Gasteiger partial charge is 0.507 e. The number of benzene rings is 4. The van der Waals surface area contributed by atoms with Crippen molar-refractivity contribution in [1.82, 2.24) is 14.5 Å². The molecule has 4 heteroatoms. The summed E-state index contributed by atoms with van der Waals surface area (Å²) in [4.78, 5) is 10.5. The summed E-state index contributed by atoms with van der Waals surface area (Å²) in [6.07, 6.45) is 5.86. The van der Waals surface area contributed by atoms with E-state index in [4.69, 9.17) is 9.97 Å². The number of hydrogen-bond donors (Lipinski definition) is 1. The fourth-order valence-corrected chi connectivity index (χ4v) is 7.72. The number of para-hydroxylation sites is 1. The second-order valence-electron chi connectivity index (χ2n) is 21.6. The zero-order valence-corrected chi connectivity index (χ0v) is 38.7. The number of hydrogen-bond acceptors (Lipinski definition) is 3. The number of aromatic nitrogens is 3. The summed E-state index contributed by atoms with van der Waals surface area (Å²) in [7, 11) is 0. The van der Waals surface area contributed by atoms with Gasteiger partial charge in [0.15, 0.2) is 0 Å². The molecule has 0 radical (unpaired) electrons. The van der Waals surface area contributed by atoms with E-state index in [0.29, 0.717) is 0 Å². The van der Waals surface area contributed by atoms with Crippen molar-refractivity contribution in [3.05, 3.63) is 137 Å². The van der Waals surface area contributed by atoms with Crippen molar-refractivity contribution in [2.45, 2.75) is 138 Å². The Morgan fingerprint density at radius 2 is 1.17 bits per heavy atom. The van der Waals surface area contributed by atoms with Crippen molar-refractivity contribution in [2.75, 3.05) is 0 Å². The van der Waals surface area contributed by atoms with Gasteiger partial charge >= 0.3 is 0 Å². The first kappa shape index (κ1) is 43.4. The van der Waals surface area contributed by atoms with Crippen LogP contribution in [0.5, 0.6) is 5.75 Å². The van der Waals surface area contributed by atoms with E-state index < -0.39 is 0 Å². The smallest absolute Gasteiger partial charge is 0.149 e. The van der Waals surface area contributed by atoms with E-state index >= 15 is 0 Å². The van der Waals surface area contributed by atoms with E-state index in [-0.39, 0.29) is 32.8 Å². The highest BCUT2D eigenvalue weighted by Gasteiger charge is 2.30. The molecule has 0 unspecified atom stereocenters. The Balaban J connectivity index is 1.77. The maximum absolute atomic E-state index is 12.4. The highest BCUT2D eigenvalue weighted by Crippen LogP contribution is 2.45. The van der Waals surface area contributed by atoms with Crippen LogP contribution in [-0.2, 0) is 27.1 Å². The van der Waals surface area contributed by atoms with Crippen molar-refractivity contribution in [3.8, 4) is 45.2 Å². The van der Waals surface area contributed by atoms with Crippen molar-refractivity contribution in [1.29, 1.82) is 0 Å². The van der Waals surface area contributed by atoms with Crippen LogP contribution in [0.1, 0.15) is 144 Å². The predicted molar refractivity (Wildman–Crippen MR) is 254 cm³/mol. The first-order valence-electron chi connectivity index (χ1n) is 21.2. The van der Waals surface area contributed by atoms with Gasteiger partial charge in [0.05, 0.1) is 22.3 Å². The molecular formula is C55H67N3O. The van der Waals surface area contributed by atoms with Crippen molar-refractivity contribution in [2.24, 2.45) is 0 Å². The van der Waals surface area contributed by atoms with Crippen LogP contribution < -0.4 is 0 Å². The van der Waals surface area contributed by atoms with E-state index in [9.17, 15) is 5.11 Å². The van der Waals surface area contributed by atoms with Gasteiger partial charge < -0.3 is 5.11 Å². The summed E-state index contributed by atoms with van der Waals surface area (Å²) in [5.74, 6) is 0.993. The third-order valence-corrected chi connectivity index (χ3v) is 11.6. The number of nitrogens with zero attached hydrogens (tertiary/aromatic N) is 3. The normalized spacial score (nSPS) is 13.3. The van der Waals surface area contributed by atoms with Crippen molar-refractivity contribution in [3.63, 3.8) is 0 Å². The lowest BCUT2D eigenvalue weighted by atomic mass is 9.78. The lowest BCUT2D eigenvalue weighted by molar-refractivity contribution is 0.446. The molecule has 0 aliphatic carbocycles. The highest BCUT2D eigenvalue weighted by molar-refractivity contribution is 5.97. The first-order chi connectivity index (χ1) is 27.2. The van der Waals surface area contributed by atoms with Gasteiger partial charge in [0.25, 0.3) is 0 Å². The standard InChI is InChI=1S/C55H67N3O/c1-18-34(19-2)35-23-24-56-46(28-35)37-25-36(26-38(27-37)51(3,4)5)43-21-20-22-47-48(43)57-50(44-32-41(54(12,13)14)33-45(49(44)59)55(15,16)17)58(47)42-30-39(52(6,7)8)29-40(31-42)53(9,10)11/h18-33,59H,1H2,2-17H3/b34-19+. The topological polar surface area (TPSA) is 50.9 Å². The lowest BCUT2D eigenvalue weighted by Crippen LogP contribution is -2.18. The van der Waals surface area contributed by atoms with Crippen LogP contribution in [0, 0.1) is 0 Å². The molecule has 6 rings (SSSR count). The van der Waals surface area contributed by atoms with E-state index in [1.807, 2.05) is 25.3 Å². The monoisotopic (exact) mass is 786 g/mol. The molecule has 59 heavy (non-hydrogen) atoms. The van der Waals surface area contributed by atoms with Crippen LogP contribution in [0.25, 0.3) is 56.1 Å². The summed E-state index contributed by atoms with van der Waals surface area (Å²) in [5.41, 5.74) is 14.8. The summed E-state index contributed by atoms with van der Waals surface area (Å²) in [5, 5.41) is 12.4. The Morgan fingerprint density at radius 1 is 0.610 bits per heavy atom. The Hall–Kier alpha value is -5.22. The molecular weight excluding hydrogens is 719 g/mol. The second kappa shape index (κ2) is 15.1. The highest BCUT2D eigenvalue weighted by atomic mass is 16.3. The van der Waals surface area contributed by atoms with Gasteiger partial charge in [-0.3, -0.25) is 9.55 Å². The number of phenolic OH excluding ortho intramolecular Hbond substituents is 1. The van der Waals surface area contributed by atoms with Crippen molar-refractivity contribution >= 4 is 16.6 Å². The number of rotatable bonds is 6. The molecule has 0 amide bonds. The molecule has 0 spiro atoms. The van der Waals surface area contributed by atoms with Gasteiger partial charge in [-0.25, -0.2) is 4.98 Å². The van der Waals surface area contributed by atoms with E-state index in [2.05, 4.69) is 194 Å². The minimum Gasteiger partial charge on any atom is -0.507 e. The fourth-order valence-electron chi connectivity index (χ4n) is 7.72. The average molecular weight is 786 g/mol. The maximum Gasteiger partial charge on any atom is 0.149 e. The molecule has 4 nitrogen and oxygen atoms in total. The number of imidazole rings is 1. The van der Waals surface area contributed by atoms with Crippen LogP contribution >= 0.6 is 0 Å². The number of allylic oxidation sites excluding steroid dienone is 3. The Morgan fingerprint density at radius 3 is 1.71 bits per heavy atom. The summed E-state index contributed by atoms with van der Waals surface area (Å²) in [6, 6.07) is 28.9. The van der Waals surface area contributed by atoms with E-state index in [0.717, 1.165) is 72.8 Å². The Bertz CT molecular complexity index is 2560. The average Bonchev–Trinajstić information content (AvgIpc) is 3.53. The summed E-state index contributed by atoms with van der Waals surface area (Å²) < 4.78 is 2.30. The predicted octanol–water partition coefficient (Wildman–Crippen LogP) is 15.2. The molecule has 0 saturated carbocycles. The van der Waals surface area contributed by atoms with Gasteiger partial charge in [-0.05, 0) is 121 Å². The second-order valence-corrected chi connectivity index (χ2v) is 21.6. The minimum absolute atomic E-state index is 0.0973. The summed E-state index contributed by atoms with van der Waals surface area (Å²) >= 11 is 0. The lowest BCUT2D eigenvalue weighted by Gasteiger charge is -2.28. The first-order valence-corrected chi connectivity index (χ1v) is 21.2. The molecule has 2 heterocycles. The van der Waals surface area contributed by atoms with Crippen LogP contribution in [-0.4, -0.2) is 19.6 Å². The van der Waals surface area contributed by atoms with Gasteiger partial charge in [-0.15, -0.1) is 0 Å². The molecule has 0 atom stereocenters. The van der Waals surface area contributed by atoms with Crippen molar-refractivity contribution < 1.29 is 5.11 Å². The van der Waals surface area contributed by atoms with E-state index in [1.165, 1.54) is 16.7 Å². The fraction of sp³-hybridized carbons (Fsp3) is 0.382. The van der Waals surface area contributed by atoms with Crippen LogP contribution in [0.15, 0.2) is 104 Å². The minimum atomic E-state index is -0.303. The molecule has 4 aromatic carbocycles. The molecule has 6 aromatic rings. The molecule has 0 saturated heterocycles. The quantitative estimate of drug-likeness (QED) is 0.171.